The normalized spacial score (nSPS) is 20.5. The Morgan fingerprint density at radius 3 is 2.42 bits per heavy atom. The van der Waals surface area contributed by atoms with Crippen molar-refractivity contribution >= 4 is 5.84 Å². The lowest BCUT2D eigenvalue weighted by atomic mass is 9.79. The van der Waals surface area contributed by atoms with Crippen LogP contribution in [-0.2, 0) is 5.54 Å². The van der Waals surface area contributed by atoms with Crippen LogP contribution in [0.25, 0.3) is 0 Å². The molecule has 31 heavy (non-hydrogen) atoms. The van der Waals surface area contributed by atoms with Gasteiger partial charge in [-0.1, -0.05) is 18.2 Å². The number of nitrogens with one attached hydrogen (secondary N) is 1. The first-order valence-electron chi connectivity index (χ1n) is 9.22. The third-order valence-electron chi connectivity index (χ3n) is 5.07. The molecule has 0 aliphatic carbocycles. The third kappa shape index (κ3) is 3.76. The van der Waals surface area contributed by atoms with E-state index >= 15 is 0 Å². The van der Waals surface area contributed by atoms with Gasteiger partial charge in [0.1, 0.15) is 17.2 Å². The van der Waals surface area contributed by atoms with E-state index in [4.69, 9.17) is 4.99 Å². The molecular weight excluding hydrogens is 416 g/mol. The Hall–Kier alpha value is -3.69. The molecule has 0 radical (unpaired) electrons. The lowest BCUT2D eigenvalue weighted by Crippen LogP contribution is -2.41. The monoisotopic (exact) mass is 432 g/mol. The first kappa shape index (κ1) is 20.6. The van der Waals surface area contributed by atoms with Gasteiger partial charge in [-0.15, -0.1) is 4.73 Å². The van der Waals surface area contributed by atoms with E-state index in [0.717, 1.165) is 12.3 Å². The number of hydrogen-bond acceptors (Lipinski definition) is 5. The number of nitrogens with zero attached hydrogens (tertiary/aromatic N) is 3. The second-order valence-electron chi connectivity index (χ2n) is 6.92. The molecule has 6 nitrogen and oxygen atoms in total. The number of rotatable bonds is 5. The molecule has 1 aromatic carbocycles. The lowest BCUT2D eigenvalue weighted by molar-refractivity contribution is -0.135. The maximum absolute atomic E-state index is 13.6. The van der Waals surface area contributed by atoms with Gasteiger partial charge in [0, 0.05) is 23.4 Å². The van der Waals surface area contributed by atoms with Crippen LogP contribution in [0.5, 0.6) is 0 Å². The molecule has 1 aliphatic rings. The fourth-order valence-electron chi connectivity index (χ4n) is 3.64. The summed E-state index contributed by atoms with van der Waals surface area (Å²) >= 11 is 0. The number of aromatic nitrogens is 2. The van der Waals surface area contributed by atoms with Crippen molar-refractivity contribution in [2.45, 2.75) is 25.1 Å². The van der Waals surface area contributed by atoms with Crippen molar-refractivity contribution in [2.75, 3.05) is 0 Å². The molecule has 1 aliphatic heterocycles. The van der Waals surface area contributed by atoms with Gasteiger partial charge in [0.25, 0.3) is 5.56 Å². The van der Waals surface area contributed by atoms with E-state index in [1.807, 2.05) is 6.92 Å². The number of amidine groups is 1. The van der Waals surface area contributed by atoms with Crippen molar-refractivity contribution in [1.82, 2.24) is 15.0 Å². The second-order valence-corrected chi connectivity index (χ2v) is 6.92. The Balaban J connectivity index is 1.87. The highest BCUT2D eigenvalue weighted by Crippen LogP contribution is 2.40. The highest BCUT2D eigenvalue weighted by Gasteiger charge is 2.45. The molecule has 0 saturated carbocycles. The minimum Gasteiger partial charge on any atom is -0.364 e. The van der Waals surface area contributed by atoms with E-state index in [-0.39, 0.29) is 5.84 Å². The van der Waals surface area contributed by atoms with Gasteiger partial charge in [0.2, 0.25) is 5.95 Å². The Kier molecular flexibility index (Phi) is 5.22. The van der Waals surface area contributed by atoms with Crippen LogP contribution in [0.2, 0.25) is 0 Å². The zero-order chi connectivity index (χ0) is 22.2. The van der Waals surface area contributed by atoms with Crippen LogP contribution in [-0.4, -0.2) is 28.2 Å². The van der Waals surface area contributed by atoms with Gasteiger partial charge in [-0.05, 0) is 36.8 Å². The van der Waals surface area contributed by atoms with Crippen LogP contribution in [0.4, 0.5) is 17.6 Å². The number of aliphatic imine (C=N–C) groups is 1. The minimum atomic E-state index is -3.19. The van der Waals surface area contributed by atoms with E-state index in [1.165, 1.54) is 36.5 Å². The number of alkyl halides is 2. The largest absolute Gasteiger partial charge is 0.405 e. The van der Waals surface area contributed by atoms with Crippen LogP contribution < -0.4 is 15.7 Å². The van der Waals surface area contributed by atoms with E-state index < -0.39 is 35.5 Å². The van der Waals surface area contributed by atoms with Crippen molar-refractivity contribution in [2.24, 2.45) is 4.99 Å². The summed E-state index contributed by atoms with van der Waals surface area (Å²) in [7, 11) is 0. The second kappa shape index (κ2) is 7.86. The standard InChI is InChI=1S/C21H16F4N4O2/c1-12-21(14-3-6-16(22)7-4-14,15-5-8-17(23)26-10-15)28-19(27-12)13-2-9-18(30)29(11-13)31-20(24)25/h2-12,20H,1H3,(H,27,28). The van der Waals surface area contributed by atoms with Crippen molar-refractivity contribution in [3.8, 4) is 0 Å². The fraction of sp³-hybridized carbons (Fsp3) is 0.190. The van der Waals surface area contributed by atoms with Gasteiger partial charge in [-0.25, -0.2) is 14.4 Å². The number of pyridine rings is 2. The number of hydrogen-bond donors (Lipinski definition) is 1. The molecule has 2 aromatic heterocycles. The minimum absolute atomic E-state index is 0.285. The molecule has 0 amide bonds. The molecule has 3 aromatic rings. The van der Waals surface area contributed by atoms with Crippen LogP contribution >= 0.6 is 0 Å². The highest BCUT2D eigenvalue weighted by atomic mass is 19.3. The summed E-state index contributed by atoms with van der Waals surface area (Å²) in [6, 6.07) is 10.5. The van der Waals surface area contributed by atoms with Crippen molar-refractivity contribution in [3.05, 3.63) is 99.7 Å². The zero-order valence-corrected chi connectivity index (χ0v) is 16.1. The molecule has 0 bridgehead atoms. The molecule has 3 heterocycles. The summed E-state index contributed by atoms with van der Waals surface area (Å²) in [6.07, 6.45) is 2.43. The molecule has 160 valence electrons. The molecular formula is C21H16F4N4O2. The van der Waals surface area contributed by atoms with Gasteiger partial charge < -0.3 is 10.2 Å². The third-order valence-corrected chi connectivity index (χ3v) is 5.07. The SMILES string of the molecule is CC1NC(c2ccc(=O)n(OC(F)F)c2)=NC1(c1ccc(F)cc1)c1ccc(F)nc1. The average Bonchev–Trinajstić information content (AvgIpc) is 3.08. The first-order chi connectivity index (χ1) is 14.8. The van der Waals surface area contributed by atoms with Crippen molar-refractivity contribution in [1.29, 1.82) is 0 Å². The van der Waals surface area contributed by atoms with E-state index in [1.54, 1.807) is 12.1 Å². The Morgan fingerprint density at radius 1 is 1.06 bits per heavy atom. The van der Waals surface area contributed by atoms with E-state index in [9.17, 15) is 22.4 Å². The summed E-state index contributed by atoms with van der Waals surface area (Å²) in [5.41, 5.74) is -0.439. The maximum Gasteiger partial charge on any atom is 0.405 e. The van der Waals surface area contributed by atoms with Gasteiger partial charge in [-0.3, -0.25) is 4.79 Å². The van der Waals surface area contributed by atoms with Gasteiger partial charge in [0.05, 0.1) is 12.2 Å². The van der Waals surface area contributed by atoms with Crippen LogP contribution in [0.15, 0.2) is 70.7 Å². The highest BCUT2D eigenvalue weighted by molar-refractivity contribution is 6.00. The predicted molar refractivity (Wildman–Crippen MR) is 104 cm³/mol. The first-order valence-corrected chi connectivity index (χ1v) is 9.22. The Labute approximate surface area is 173 Å². The van der Waals surface area contributed by atoms with E-state index in [0.29, 0.717) is 21.4 Å². The Bertz CT molecular complexity index is 1130. The molecule has 10 heteroatoms. The van der Waals surface area contributed by atoms with Crippen molar-refractivity contribution < 1.29 is 22.4 Å². The van der Waals surface area contributed by atoms with E-state index in [2.05, 4.69) is 15.1 Å². The molecule has 2 atom stereocenters. The molecule has 0 spiro atoms. The lowest BCUT2D eigenvalue weighted by Gasteiger charge is -2.31. The number of halogens is 4. The van der Waals surface area contributed by atoms with Crippen LogP contribution in [0, 0.1) is 11.8 Å². The smallest absolute Gasteiger partial charge is 0.364 e. The zero-order valence-electron chi connectivity index (χ0n) is 16.1. The molecule has 0 fully saturated rings. The summed E-state index contributed by atoms with van der Waals surface area (Å²) in [6.45, 7) is -1.37. The van der Waals surface area contributed by atoms with Gasteiger partial charge in [-0.2, -0.15) is 13.2 Å². The number of benzene rings is 1. The van der Waals surface area contributed by atoms with Gasteiger partial charge in [0.15, 0.2) is 0 Å². The average molecular weight is 432 g/mol. The predicted octanol–water partition coefficient (Wildman–Crippen LogP) is 2.85. The Morgan fingerprint density at radius 2 is 1.77 bits per heavy atom. The molecule has 0 saturated heterocycles. The van der Waals surface area contributed by atoms with Crippen molar-refractivity contribution in [3.63, 3.8) is 0 Å². The molecule has 1 N–H and O–H groups in total. The van der Waals surface area contributed by atoms with Crippen LogP contribution in [0.1, 0.15) is 23.6 Å². The maximum atomic E-state index is 13.6. The quantitative estimate of drug-likeness (QED) is 0.497. The summed E-state index contributed by atoms with van der Waals surface area (Å²) in [4.78, 5) is 24.5. The summed E-state index contributed by atoms with van der Waals surface area (Å²) in [5, 5.41) is 3.16. The molecule has 2 unspecified atom stereocenters. The fourth-order valence-corrected chi connectivity index (χ4v) is 3.64. The molecule has 4 rings (SSSR count). The summed E-state index contributed by atoms with van der Waals surface area (Å²) in [5.74, 6) is -0.819. The van der Waals surface area contributed by atoms with Gasteiger partial charge >= 0.3 is 6.61 Å². The topological polar surface area (TPSA) is 68.5 Å². The van der Waals surface area contributed by atoms with Crippen LogP contribution in [0.3, 0.4) is 0 Å². The summed E-state index contributed by atoms with van der Waals surface area (Å²) < 4.78 is 52.7.